The van der Waals surface area contributed by atoms with E-state index in [0.717, 1.165) is 6.08 Å². The predicted molar refractivity (Wildman–Crippen MR) is 56.3 cm³/mol. The van der Waals surface area contributed by atoms with Crippen LogP contribution in [0.5, 0.6) is 0 Å². The van der Waals surface area contributed by atoms with Crippen LogP contribution in [-0.4, -0.2) is 40.0 Å². The van der Waals surface area contributed by atoms with Gasteiger partial charge in [-0.2, -0.15) is 0 Å². The Balaban J connectivity index is 4.22. The van der Waals surface area contributed by atoms with Gasteiger partial charge in [0.2, 0.25) is 0 Å². The fraction of sp³-hybridized carbons (Fsp3) is 0.700. The van der Waals surface area contributed by atoms with Crippen LogP contribution in [0.2, 0.25) is 0 Å². The molecule has 0 amide bonds. The zero-order valence-corrected chi connectivity index (χ0v) is 9.32. The Bertz CT molecular complexity index is 246. The Morgan fingerprint density at radius 1 is 1.40 bits per heavy atom. The minimum Gasteiger partial charge on any atom is -0.478 e. The highest BCUT2D eigenvalue weighted by Gasteiger charge is 2.38. The molecule has 0 heterocycles. The Labute approximate surface area is 89.4 Å². The third-order valence-corrected chi connectivity index (χ3v) is 2.64. The number of aliphatic hydroxyl groups excluding tert-OH is 1. The molecule has 5 nitrogen and oxygen atoms in total. The number of carbonyl (C=O) groups is 1. The first-order chi connectivity index (χ1) is 6.73. The molecular formula is C10H19NO4. The molecule has 4 N–H and O–H groups in total. The topological polar surface area (TPSA) is 89.8 Å². The maximum atomic E-state index is 10.1. The maximum Gasteiger partial charge on any atom is 0.329 e. The van der Waals surface area contributed by atoms with Crippen molar-refractivity contribution >= 4 is 5.97 Å². The van der Waals surface area contributed by atoms with E-state index in [0.29, 0.717) is 0 Å². The quantitative estimate of drug-likeness (QED) is 0.468. The molecule has 0 fully saturated rings. The summed E-state index contributed by atoms with van der Waals surface area (Å²) in [5.41, 5.74) is -1.78. The Morgan fingerprint density at radius 2 is 1.93 bits per heavy atom. The van der Waals surface area contributed by atoms with Crippen molar-refractivity contribution in [2.75, 3.05) is 13.2 Å². The summed E-state index contributed by atoms with van der Waals surface area (Å²) < 4.78 is 0. The molecule has 1 unspecified atom stereocenters. The van der Waals surface area contributed by atoms with E-state index in [1.807, 2.05) is 0 Å². The second kappa shape index (κ2) is 5.14. The van der Waals surface area contributed by atoms with Gasteiger partial charge in [0.25, 0.3) is 0 Å². The summed E-state index contributed by atoms with van der Waals surface area (Å²) in [4.78, 5) is 10.1. The normalized spacial score (nSPS) is 16.3. The summed E-state index contributed by atoms with van der Waals surface area (Å²) in [5, 5.41) is 30.1. The van der Waals surface area contributed by atoms with Crippen LogP contribution in [0.3, 0.4) is 0 Å². The van der Waals surface area contributed by atoms with Gasteiger partial charge in [-0.3, -0.25) is 0 Å². The largest absolute Gasteiger partial charge is 0.478 e. The summed E-state index contributed by atoms with van der Waals surface area (Å²) in [6, 6.07) is 0. The molecule has 15 heavy (non-hydrogen) atoms. The van der Waals surface area contributed by atoms with Crippen molar-refractivity contribution in [2.24, 2.45) is 5.41 Å². The van der Waals surface area contributed by atoms with Crippen molar-refractivity contribution in [3.63, 3.8) is 0 Å². The first kappa shape index (κ1) is 13.9. The lowest BCUT2D eigenvalue weighted by Crippen LogP contribution is -2.50. The summed E-state index contributed by atoms with van der Waals surface area (Å²) in [6.45, 7) is 5.07. The van der Waals surface area contributed by atoms with Crippen molar-refractivity contribution in [1.29, 1.82) is 0 Å². The standard InChI is InChI=1S/C10H19NO4/c1-9(2,7-12)10(3,15)6-11-5-4-8(13)14/h4-5,11-12,15H,6-7H2,1-3H3,(H,13,14)/b5-4+. The first-order valence-corrected chi connectivity index (χ1v) is 4.69. The number of hydrogen-bond donors (Lipinski definition) is 4. The third kappa shape index (κ3) is 4.31. The van der Waals surface area contributed by atoms with Gasteiger partial charge in [0.15, 0.2) is 0 Å². The average molecular weight is 217 g/mol. The molecule has 0 aliphatic heterocycles. The van der Waals surface area contributed by atoms with Crippen LogP contribution in [0.1, 0.15) is 20.8 Å². The number of rotatable bonds is 6. The molecule has 0 aromatic carbocycles. The number of carboxylic acids is 1. The van der Waals surface area contributed by atoms with Gasteiger partial charge in [0, 0.05) is 24.2 Å². The molecule has 88 valence electrons. The summed E-state index contributed by atoms with van der Waals surface area (Å²) in [7, 11) is 0. The van der Waals surface area contributed by atoms with Crippen LogP contribution in [0.25, 0.3) is 0 Å². The van der Waals surface area contributed by atoms with Crippen molar-refractivity contribution in [3.8, 4) is 0 Å². The predicted octanol–water partition coefficient (Wildman–Crippen LogP) is -0.0562. The van der Waals surface area contributed by atoms with Crippen LogP contribution in [0.15, 0.2) is 12.3 Å². The van der Waals surface area contributed by atoms with Gasteiger partial charge in [-0.1, -0.05) is 13.8 Å². The van der Waals surface area contributed by atoms with Gasteiger partial charge < -0.3 is 20.6 Å². The average Bonchev–Trinajstić information content (AvgIpc) is 2.12. The van der Waals surface area contributed by atoms with E-state index in [-0.39, 0.29) is 13.2 Å². The molecule has 0 saturated carbocycles. The molecule has 0 bridgehead atoms. The van der Waals surface area contributed by atoms with Gasteiger partial charge in [-0.15, -0.1) is 0 Å². The Morgan fingerprint density at radius 3 is 2.33 bits per heavy atom. The number of aliphatic carboxylic acids is 1. The lowest BCUT2D eigenvalue weighted by molar-refractivity contribution is -0.131. The van der Waals surface area contributed by atoms with Crippen molar-refractivity contribution in [2.45, 2.75) is 26.4 Å². The van der Waals surface area contributed by atoms with E-state index < -0.39 is 17.0 Å². The Kier molecular flexibility index (Phi) is 4.77. The van der Waals surface area contributed by atoms with Crippen molar-refractivity contribution < 1.29 is 20.1 Å². The fourth-order valence-corrected chi connectivity index (χ4v) is 0.797. The molecule has 0 rings (SSSR count). The third-order valence-electron chi connectivity index (χ3n) is 2.64. The summed E-state index contributed by atoms with van der Waals surface area (Å²) >= 11 is 0. The summed E-state index contributed by atoms with van der Waals surface area (Å²) in [6.07, 6.45) is 2.20. The lowest BCUT2D eigenvalue weighted by atomic mass is 9.76. The van der Waals surface area contributed by atoms with Gasteiger partial charge in [0.05, 0.1) is 12.2 Å². The van der Waals surface area contributed by atoms with E-state index in [2.05, 4.69) is 5.32 Å². The summed E-state index contributed by atoms with van der Waals surface area (Å²) in [5.74, 6) is -1.05. The van der Waals surface area contributed by atoms with Crippen LogP contribution in [-0.2, 0) is 4.79 Å². The molecule has 0 spiro atoms. The van der Waals surface area contributed by atoms with Crippen molar-refractivity contribution in [1.82, 2.24) is 5.32 Å². The van der Waals surface area contributed by atoms with Crippen molar-refractivity contribution in [3.05, 3.63) is 12.3 Å². The smallest absolute Gasteiger partial charge is 0.329 e. The maximum absolute atomic E-state index is 10.1. The SMILES string of the molecule is CC(C)(CO)C(C)(O)CN/C=C/C(=O)O. The highest BCUT2D eigenvalue weighted by molar-refractivity contribution is 5.79. The molecule has 0 aromatic heterocycles. The van der Waals surface area contributed by atoms with E-state index >= 15 is 0 Å². The number of aliphatic hydroxyl groups is 2. The number of hydrogen-bond acceptors (Lipinski definition) is 4. The van der Waals surface area contributed by atoms with Gasteiger partial charge >= 0.3 is 5.97 Å². The molecule has 0 aromatic rings. The molecule has 1 atom stereocenters. The van der Waals surface area contributed by atoms with Crippen LogP contribution in [0, 0.1) is 5.41 Å². The van der Waals surface area contributed by atoms with E-state index in [1.54, 1.807) is 20.8 Å². The van der Waals surface area contributed by atoms with Crippen LogP contribution in [0.4, 0.5) is 0 Å². The van der Waals surface area contributed by atoms with Crippen LogP contribution < -0.4 is 5.32 Å². The molecule has 0 saturated heterocycles. The first-order valence-electron chi connectivity index (χ1n) is 4.69. The van der Waals surface area contributed by atoms with Gasteiger partial charge in [-0.05, 0) is 6.92 Å². The highest BCUT2D eigenvalue weighted by Crippen LogP contribution is 2.29. The fourth-order valence-electron chi connectivity index (χ4n) is 0.797. The molecule has 5 heteroatoms. The monoisotopic (exact) mass is 217 g/mol. The number of carboxylic acid groups (broad SMARTS) is 1. The molecular weight excluding hydrogens is 198 g/mol. The highest BCUT2D eigenvalue weighted by atomic mass is 16.4. The molecule has 0 radical (unpaired) electrons. The number of nitrogens with one attached hydrogen (secondary N) is 1. The van der Waals surface area contributed by atoms with Gasteiger partial charge in [-0.25, -0.2) is 4.79 Å². The molecule has 0 aliphatic rings. The zero-order chi connectivity index (χ0) is 12.1. The zero-order valence-electron chi connectivity index (χ0n) is 9.32. The van der Waals surface area contributed by atoms with E-state index in [1.165, 1.54) is 6.20 Å². The van der Waals surface area contributed by atoms with Gasteiger partial charge in [0.1, 0.15) is 0 Å². The minimum atomic E-state index is -1.12. The Hall–Kier alpha value is -1.07. The van der Waals surface area contributed by atoms with E-state index in [4.69, 9.17) is 10.2 Å². The minimum absolute atomic E-state index is 0.148. The van der Waals surface area contributed by atoms with Crippen LogP contribution >= 0.6 is 0 Å². The lowest BCUT2D eigenvalue weighted by Gasteiger charge is -2.38. The van der Waals surface area contributed by atoms with E-state index in [9.17, 15) is 9.90 Å². The second-order valence-corrected chi connectivity index (χ2v) is 4.37. The molecule has 0 aliphatic carbocycles. The second-order valence-electron chi connectivity index (χ2n) is 4.37.